The van der Waals surface area contributed by atoms with Gasteiger partial charge in [-0.2, -0.15) is 5.26 Å². The molecule has 6 nitrogen and oxygen atoms in total. The number of carbonyl (C=O) groups excluding carboxylic acids is 1. The summed E-state index contributed by atoms with van der Waals surface area (Å²) in [5, 5.41) is 8.78. The third-order valence-corrected chi connectivity index (χ3v) is 3.14. The van der Waals surface area contributed by atoms with Crippen molar-refractivity contribution in [2.75, 3.05) is 6.61 Å². The molecular formula is C19H20N2O4. The second-order valence-electron chi connectivity index (χ2n) is 5.70. The molecular weight excluding hydrogens is 320 g/mol. The van der Waals surface area contributed by atoms with Crippen LogP contribution in [0, 0.1) is 11.3 Å². The summed E-state index contributed by atoms with van der Waals surface area (Å²) in [5.74, 6) is 0.539. The molecule has 1 unspecified atom stereocenters. The topological polar surface area (TPSA) is 81.4 Å². The lowest BCUT2D eigenvalue weighted by molar-refractivity contribution is 0.0369. The maximum atomic E-state index is 12.1. The Balaban J connectivity index is 1.97. The second-order valence-corrected chi connectivity index (χ2v) is 5.70. The van der Waals surface area contributed by atoms with Crippen molar-refractivity contribution in [3.63, 3.8) is 0 Å². The molecule has 2 rings (SSSR count). The number of nitrogens with zero attached hydrogens (tertiary/aromatic N) is 2. The number of rotatable bonds is 7. The van der Waals surface area contributed by atoms with Crippen LogP contribution in [0.1, 0.15) is 36.7 Å². The summed E-state index contributed by atoms with van der Waals surface area (Å²) in [5.41, 5.74) is 0.897. The monoisotopic (exact) mass is 340 g/mol. The molecule has 0 amide bonds. The van der Waals surface area contributed by atoms with Crippen molar-refractivity contribution in [3.05, 3.63) is 53.9 Å². The Kier molecular flexibility index (Phi) is 6.35. The summed E-state index contributed by atoms with van der Waals surface area (Å²) < 4.78 is 16.6. The highest BCUT2D eigenvalue weighted by molar-refractivity contribution is 5.92. The van der Waals surface area contributed by atoms with E-state index in [1.54, 1.807) is 44.2 Å². The summed E-state index contributed by atoms with van der Waals surface area (Å²) in [6.07, 6.45) is 2.47. The molecule has 0 saturated heterocycles. The Labute approximate surface area is 147 Å². The van der Waals surface area contributed by atoms with E-state index in [9.17, 15) is 4.79 Å². The SMILES string of the molecule is CC(C)OC(=O)c1ccncc1OC(C)COc1ccc(C#N)cc1. The number of hydrogen-bond acceptors (Lipinski definition) is 6. The van der Waals surface area contributed by atoms with E-state index in [2.05, 4.69) is 11.1 Å². The van der Waals surface area contributed by atoms with Crippen LogP contribution in [0.3, 0.4) is 0 Å². The Bertz CT molecular complexity index is 751. The highest BCUT2D eigenvalue weighted by Gasteiger charge is 2.17. The Morgan fingerprint density at radius 1 is 1.20 bits per heavy atom. The maximum absolute atomic E-state index is 12.1. The molecule has 1 atom stereocenters. The van der Waals surface area contributed by atoms with Crippen LogP contribution in [0.2, 0.25) is 0 Å². The van der Waals surface area contributed by atoms with Gasteiger partial charge in [-0.3, -0.25) is 4.98 Å². The van der Waals surface area contributed by atoms with Gasteiger partial charge in [0.2, 0.25) is 0 Å². The Hall–Kier alpha value is -3.07. The van der Waals surface area contributed by atoms with Gasteiger partial charge in [0.25, 0.3) is 0 Å². The lowest BCUT2D eigenvalue weighted by Gasteiger charge is -2.17. The molecule has 0 saturated carbocycles. The van der Waals surface area contributed by atoms with Crippen molar-refractivity contribution in [2.24, 2.45) is 0 Å². The molecule has 1 heterocycles. The number of esters is 1. The zero-order valence-electron chi connectivity index (χ0n) is 14.4. The summed E-state index contributed by atoms with van der Waals surface area (Å²) in [6, 6.07) is 10.4. The van der Waals surface area contributed by atoms with Crippen LogP contribution in [-0.4, -0.2) is 29.8 Å². The van der Waals surface area contributed by atoms with Gasteiger partial charge in [-0.1, -0.05) is 0 Å². The summed E-state index contributed by atoms with van der Waals surface area (Å²) in [7, 11) is 0. The van der Waals surface area contributed by atoms with Gasteiger partial charge in [0.05, 0.1) is 23.9 Å². The number of benzene rings is 1. The van der Waals surface area contributed by atoms with Gasteiger partial charge in [0.15, 0.2) is 5.75 Å². The van der Waals surface area contributed by atoms with Crippen LogP contribution >= 0.6 is 0 Å². The van der Waals surface area contributed by atoms with Crippen molar-refractivity contribution in [1.29, 1.82) is 5.26 Å². The average Bonchev–Trinajstić information content (AvgIpc) is 2.60. The highest BCUT2D eigenvalue weighted by Crippen LogP contribution is 2.20. The van der Waals surface area contributed by atoms with Gasteiger partial charge < -0.3 is 14.2 Å². The first-order valence-electron chi connectivity index (χ1n) is 7.94. The molecule has 0 N–H and O–H groups in total. The zero-order valence-corrected chi connectivity index (χ0v) is 14.4. The van der Waals surface area contributed by atoms with E-state index in [0.29, 0.717) is 22.6 Å². The van der Waals surface area contributed by atoms with E-state index < -0.39 is 5.97 Å². The first-order valence-corrected chi connectivity index (χ1v) is 7.94. The molecule has 0 aliphatic carbocycles. The summed E-state index contributed by atoms with van der Waals surface area (Å²) in [6.45, 7) is 5.68. The Morgan fingerprint density at radius 3 is 2.56 bits per heavy atom. The second kappa shape index (κ2) is 8.69. The number of hydrogen-bond donors (Lipinski definition) is 0. The summed E-state index contributed by atoms with van der Waals surface area (Å²) in [4.78, 5) is 16.1. The molecule has 130 valence electrons. The molecule has 1 aromatic carbocycles. The number of aromatic nitrogens is 1. The van der Waals surface area contributed by atoms with Gasteiger partial charge in [0.1, 0.15) is 24.0 Å². The molecule has 6 heteroatoms. The van der Waals surface area contributed by atoms with Gasteiger partial charge in [-0.05, 0) is 51.1 Å². The minimum absolute atomic E-state index is 0.217. The van der Waals surface area contributed by atoms with Gasteiger partial charge in [-0.25, -0.2) is 4.79 Å². The third-order valence-electron chi connectivity index (χ3n) is 3.14. The molecule has 0 aliphatic rings. The predicted molar refractivity (Wildman–Crippen MR) is 91.5 cm³/mol. The number of carbonyl (C=O) groups is 1. The zero-order chi connectivity index (χ0) is 18.2. The van der Waals surface area contributed by atoms with Crippen molar-refractivity contribution in [3.8, 4) is 17.6 Å². The van der Waals surface area contributed by atoms with Gasteiger partial charge in [-0.15, -0.1) is 0 Å². The van der Waals surface area contributed by atoms with E-state index in [1.165, 1.54) is 12.4 Å². The molecule has 25 heavy (non-hydrogen) atoms. The van der Waals surface area contributed by atoms with Crippen LogP contribution in [-0.2, 0) is 4.74 Å². The third kappa shape index (κ3) is 5.50. The van der Waals surface area contributed by atoms with Crippen molar-refractivity contribution in [1.82, 2.24) is 4.98 Å². The predicted octanol–water partition coefficient (Wildman–Crippen LogP) is 3.36. The number of pyridine rings is 1. The lowest BCUT2D eigenvalue weighted by atomic mass is 10.2. The summed E-state index contributed by atoms with van der Waals surface area (Å²) >= 11 is 0. The molecule has 0 radical (unpaired) electrons. The lowest BCUT2D eigenvalue weighted by Crippen LogP contribution is -2.23. The van der Waals surface area contributed by atoms with Crippen LogP contribution in [0.4, 0.5) is 0 Å². The largest absolute Gasteiger partial charge is 0.490 e. The normalized spacial score (nSPS) is 11.5. The van der Waals surface area contributed by atoms with Gasteiger partial charge in [0, 0.05) is 6.20 Å². The molecule has 1 aromatic heterocycles. The molecule has 0 fully saturated rings. The molecule has 2 aromatic rings. The van der Waals surface area contributed by atoms with Crippen molar-refractivity contribution in [2.45, 2.75) is 33.0 Å². The smallest absolute Gasteiger partial charge is 0.342 e. The van der Waals surface area contributed by atoms with E-state index in [1.807, 2.05) is 6.92 Å². The minimum atomic E-state index is -0.451. The van der Waals surface area contributed by atoms with Crippen molar-refractivity contribution < 1.29 is 19.0 Å². The fraction of sp³-hybridized carbons (Fsp3) is 0.316. The van der Waals surface area contributed by atoms with E-state index >= 15 is 0 Å². The van der Waals surface area contributed by atoms with E-state index in [0.717, 1.165) is 0 Å². The molecule has 0 bridgehead atoms. The standard InChI is InChI=1S/C19H20N2O4/c1-13(2)24-19(22)17-8-9-21-11-18(17)25-14(3)12-23-16-6-4-15(10-20)5-7-16/h4-9,11,13-14H,12H2,1-3H3. The first kappa shape index (κ1) is 18.3. The van der Waals surface area contributed by atoms with Crippen LogP contribution in [0.25, 0.3) is 0 Å². The van der Waals surface area contributed by atoms with Gasteiger partial charge >= 0.3 is 5.97 Å². The minimum Gasteiger partial charge on any atom is -0.490 e. The fourth-order valence-corrected chi connectivity index (χ4v) is 2.01. The average molecular weight is 340 g/mol. The fourth-order valence-electron chi connectivity index (χ4n) is 2.01. The Morgan fingerprint density at radius 2 is 1.92 bits per heavy atom. The van der Waals surface area contributed by atoms with Crippen LogP contribution in [0.5, 0.6) is 11.5 Å². The number of ether oxygens (including phenoxy) is 3. The quantitative estimate of drug-likeness (QED) is 0.719. The first-order chi connectivity index (χ1) is 12.0. The van der Waals surface area contributed by atoms with Crippen LogP contribution in [0.15, 0.2) is 42.7 Å². The molecule has 0 aliphatic heterocycles. The van der Waals surface area contributed by atoms with Crippen molar-refractivity contribution >= 4 is 5.97 Å². The van der Waals surface area contributed by atoms with Crippen LogP contribution < -0.4 is 9.47 Å². The number of nitriles is 1. The highest BCUT2D eigenvalue weighted by atomic mass is 16.6. The molecule has 0 spiro atoms. The maximum Gasteiger partial charge on any atom is 0.342 e. The van der Waals surface area contributed by atoms with E-state index in [-0.39, 0.29) is 18.8 Å². The van der Waals surface area contributed by atoms with E-state index in [4.69, 9.17) is 19.5 Å².